The highest BCUT2D eigenvalue weighted by molar-refractivity contribution is 9.09. The molecule has 0 aromatic heterocycles. The van der Waals surface area contributed by atoms with Crippen LogP contribution in [0.1, 0.15) is 0 Å². The molecule has 5 heteroatoms. The topological polar surface area (TPSA) is 60.8 Å². The quantitative estimate of drug-likeness (QED) is 0.632. The molecule has 2 N–H and O–H groups in total. The summed E-state index contributed by atoms with van der Waals surface area (Å²) in [4.78, 5) is 11.6. The first kappa shape index (κ1) is 8.80. The van der Waals surface area contributed by atoms with Crippen molar-refractivity contribution in [1.82, 2.24) is 4.90 Å². The number of amides is 1. The summed E-state index contributed by atoms with van der Waals surface area (Å²) < 4.78 is 0. The van der Waals surface area contributed by atoms with Crippen LogP contribution < -0.4 is 0 Å². The lowest BCUT2D eigenvalue weighted by atomic mass is 10.1. The van der Waals surface area contributed by atoms with Crippen molar-refractivity contribution in [2.45, 2.75) is 6.10 Å². The molecule has 2 atom stereocenters. The van der Waals surface area contributed by atoms with Gasteiger partial charge in [-0.15, -0.1) is 0 Å². The van der Waals surface area contributed by atoms with Gasteiger partial charge in [0.15, 0.2) is 0 Å². The molecule has 1 rings (SSSR count). The summed E-state index contributed by atoms with van der Waals surface area (Å²) in [6, 6.07) is 0. The summed E-state index contributed by atoms with van der Waals surface area (Å²) in [5.74, 6) is 0.0473. The van der Waals surface area contributed by atoms with Crippen LogP contribution in [0.4, 0.5) is 4.79 Å². The number of aliphatic hydroxyl groups excluding tert-OH is 1. The van der Waals surface area contributed by atoms with E-state index in [1.54, 1.807) is 0 Å². The molecule has 0 aliphatic carbocycles. The van der Waals surface area contributed by atoms with Crippen LogP contribution in [0, 0.1) is 5.92 Å². The molecule has 1 amide bonds. The third kappa shape index (κ3) is 1.84. The fourth-order valence-electron chi connectivity index (χ4n) is 1.16. The molecule has 0 bridgehead atoms. The van der Waals surface area contributed by atoms with E-state index in [0.29, 0.717) is 11.9 Å². The predicted molar refractivity (Wildman–Crippen MR) is 42.9 cm³/mol. The SMILES string of the molecule is O=C(O)N1C[C@@H](CBr)[C@H](O)C1. The summed E-state index contributed by atoms with van der Waals surface area (Å²) in [6.07, 6.45) is -1.46. The highest BCUT2D eigenvalue weighted by Gasteiger charge is 2.32. The van der Waals surface area contributed by atoms with Gasteiger partial charge in [0.05, 0.1) is 12.6 Å². The summed E-state index contributed by atoms with van der Waals surface area (Å²) in [5.41, 5.74) is 0. The predicted octanol–water partition coefficient (Wildman–Crippen LogP) is 0.352. The van der Waals surface area contributed by atoms with E-state index in [-0.39, 0.29) is 12.5 Å². The number of hydrogen-bond donors (Lipinski definition) is 2. The summed E-state index contributed by atoms with van der Waals surface area (Å²) in [6.45, 7) is 0.674. The van der Waals surface area contributed by atoms with Gasteiger partial charge in [-0.3, -0.25) is 0 Å². The fourth-order valence-corrected chi connectivity index (χ4v) is 1.80. The molecule has 1 fully saturated rings. The van der Waals surface area contributed by atoms with E-state index in [1.165, 1.54) is 4.90 Å². The normalized spacial score (nSPS) is 30.9. The zero-order valence-electron chi connectivity index (χ0n) is 5.90. The molecule has 0 aromatic rings. The minimum Gasteiger partial charge on any atom is -0.465 e. The van der Waals surface area contributed by atoms with Crippen molar-refractivity contribution in [3.63, 3.8) is 0 Å². The number of β-amino-alcohol motifs (C(OH)–C–C–N with tert-alkyl or cyclic N) is 1. The van der Waals surface area contributed by atoms with Crippen LogP contribution >= 0.6 is 15.9 Å². The van der Waals surface area contributed by atoms with Crippen LogP contribution in [0.15, 0.2) is 0 Å². The Kier molecular flexibility index (Phi) is 2.72. The second kappa shape index (κ2) is 3.40. The van der Waals surface area contributed by atoms with Crippen LogP contribution in [-0.2, 0) is 0 Å². The third-order valence-electron chi connectivity index (χ3n) is 1.88. The average molecular weight is 224 g/mol. The van der Waals surface area contributed by atoms with E-state index in [2.05, 4.69) is 15.9 Å². The number of carboxylic acid groups (broad SMARTS) is 1. The first-order valence-electron chi connectivity index (χ1n) is 3.37. The van der Waals surface area contributed by atoms with E-state index in [1.807, 2.05) is 0 Å². The van der Waals surface area contributed by atoms with Crippen LogP contribution in [0.3, 0.4) is 0 Å². The summed E-state index contributed by atoms with van der Waals surface area (Å²) in [5, 5.41) is 18.5. The van der Waals surface area contributed by atoms with Gasteiger partial charge in [0, 0.05) is 17.8 Å². The maximum Gasteiger partial charge on any atom is 0.407 e. The number of nitrogens with zero attached hydrogens (tertiary/aromatic N) is 1. The largest absolute Gasteiger partial charge is 0.465 e. The molecule has 0 radical (unpaired) electrons. The molecule has 11 heavy (non-hydrogen) atoms. The highest BCUT2D eigenvalue weighted by Crippen LogP contribution is 2.18. The maximum atomic E-state index is 10.4. The lowest BCUT2D eigenvalue weighted by molar-refractivity contribution is 0.135. The zero-order chi connectivity index (χ0) is 8.43. The minimum atomic E-state index is -0.951. The Morgan fingerprint density at radius 2 is 2.27 bits per heavy atom. The number of rotatable bonds is 1. The second-order valence-electron chi connectivity index (χ2n) is 2.67. The van der Waals surface area contributed by atoms with E-state index < -0.39 is 12.2 Å². The van der Waals surface area contributed by atoms with E-state index in [9.17, 15) is 9.90 Å². The zero-order valence-corrected chi connectivity index (χ0v) is 7.49. The third-order valence-corrected chi connectivity index (χ3v) is 2.71. The average Bonchev–Trinajstić information content (AvgIpc) is 2.31. The van der Waals surface area contributed by atoms with Gasteiger partial charge >= 0.3 is 6.09 Å². The van der Waals surface area contributed by atoms with E-state index in [4.69, 9.17) is 5.11 Å². The number of hydrogen-bond acceptors (Lipinski definition) is 2. The van der Waals surface area contributed by atoms with Gasteiger partial charge in [-0.05, 0) is 0 Å². The monoisotopic (exact) mass is 223 g/mol. The first-order valence-corrected chi connectivity index (χ1v) is 4.49. The Hall–Kier alpha value is -0.290. The van der Waals surface area contributed by atoms with Crippen LogP contribution in [0.2, 0.25) is 0 Å². The van der Waals surface area contributed by atoms with Crippen molar-refractivity contribution in [1.29, 1.82) is 0 Å². The molecule has 1 aliphatic heterocycles. The smallest absolute Gasteiger partial charge is 0.407 e. The fraction of sp³-hybridized carbons (Fsp3) is 0.833. The Morgan fingerprint density at radius 1 is 1.64 bits per heavy atom. The maximum absolute atomic E-state index is 10.4. The van der Waals surface area contributed by atoms with Crippen LogP contribution in [-0.4, -0.2) is 45.7 Å². The molecule has 0 unspecified atom stereocenters. The van der Waals surface area contributed by atoms with Crippen molar-refractivity contribution < 1.29 is 15.0 Å². The van der Waals surface area contributed by atoms with Gasteiger partial charge in [0.2, 0.25) is 0 Å². The molecule has 1 aliphatic rings. The van der Waals surface area contributed by atoms with Crippen molar-refractivity contribution >= 4 is 22.0 Å². The van der Waals surface area contributed by atoms with Gasteiger partial charge in [0.25, 0.3) is 0 Å². The minimum absolute atomic E-state index is 0.0473. The lowest BCUT2D eigenvalue weighted by Gasteiger charge is -2.09. The van der Waals surface area contributed by atoms with Gasteiger partial charge in [-0.1, -0.05) is 15.9 Å². The van der Waals surface area contributed by atoms with Crippen LogP contribution in [0.25, 0.3) is 0 Å². The molecule has 1 heterocycles. The first-order chi connectivity index (χ1) is 5.15. The van der Waals surface area contributed by atoms with E-state index in [0.717, 1.165) is 0 Å². The molecular formula is C6H10BrNO3. The molecule has 0 aromatic carbocycles. The standard InChI is InChI=1S/C6H10BrNO3/c7-1-4-2-8(6(10)11)3-5(4)9/h4-5,9H,1-3H2,(H,10,11)/t4-,5-/m1/s1. The molecule has 64 valence electrons. The number of likely N-dealkylation sites (tertiary alicyclic amines) is 1. The van der Waals surface area contributed by atoms with Gasteiger partial charge < -0.3 is 15.1 Å². The van der Waals surface area contributed by atoms with Crippen molar-refractivity contribution in [2.75, 3.05) is 18.4 Å². The Labute approximate surface area is 72.9 Å². The highest BCUT2D eigenvalue weighted by atomic mass is 79.9. The Bertz CT molecular complexity index is 164. The van der Waals surface area contributed by atoms with Gasteiger partial charge in [-0.25, -0.2) is 4.79 Å². The number of aliphatic hydroxyl groups is 1. The lowest BCUT2D eigenvalue weighted by Crippen LogP contribution is -2.27. The van der Waals surface area contributed by atoms with Gasteiger partial charge in [0.1, 0.15) is 0 Å². The van der Waals surface area contributed by atoms with Crippen molar-refractivity contribution in [3.05, 3.63) is 0 Å². The Morgan fingerprint density at radius 3 is 2.55 bits per heavy atom. The van der Waals surface area contributed by atoms with Gasteiger partial charge in [-0.2, -0.15) is 0 Å². The molecule has 0 spiro atoms. The second-order valence-corrected chi connectivity index (χ2v) is 3.32. The number of halogens is 1. The summed E-state index contributed by atoms with van der Waals surface area (Å²) >= 11 is 3.21. The van der Waals surface area contributed by atoms with Crippen LogP contribution in [0.5, 0.6) is 0 Å². The molecule has 0 saturated carbocycles. The van der Waals surface area contributed by atoms with Crippen molar-refractivity contribution in [2.24, 2.45) is 5.92 Å². The molecule has 4 nitrogen and oxygen atoms in total. The van der Waals surface area contributed by atoms with Crippen molar-refractivity contribution in [3.8, 4) is 0 Å². The molecular weight excluding hydrogens is 214 g/mol. The number of alkyl halides is 1. The van der Waals surface area contributed by atoms with E-state index >= 15 is 0 Å². The Balaban J connectivity index is 2.49. The molecule has 1 saturated heterocycles. The number of carbonyl (C=O) groups is 1. The summed E-state index contributed by atoms with van der Waals surface area (Å²) in [7, 11) is 0.